The van der Waals surface area contributed by atoms with Gasteiger partial charge in [0.2, 0.25) is 11.8 Å². The maximum Gasteiger partial charge on any atom is 0.311 e. The van der Waals surface area contributed by atoms with E-state index in [-0.39, 0.29) is 48.8 Å². The fraction of sp³-hybridized carbons (Fsp3) is 0.667. The molecule has 4 aliphatic heterocycles. The standard InChI is InChI=1S/C21H28N2O5S/c1-3-6-13(2)22-9-5-8-21-16(15-14(29-21)7-4-12-28-20(15)27)18(25)23(10-11-24)17(21)19(22)26/h4-5,7-8,13-17,24H,3,6,9-12H2,1-2H3/t13?,14-,15+,16+,17?,21+/m1/s1. The number of aliphatic hydroxyl groups is 1. The van der Waals surface area contributed by atoms with Crippen molar-refractivity contribution in [2.75, 3.05) is 26.3 Å². The van der Waals surface area contributed by atoms with Gasteiger partial charge in [0.1, 0.15) is 12.6 Å². The van der Waals surface area contributed by atoms with Crippen molar-refractivity contribution in [3.05, 3.63) is 24.3 Å². The lowest BCUT2D eigenvalue weighted by Gasteiger charge is -2.37. The average molecular weight is 421 g/mol. The Kier molecular flexibility index (Phi) is 5.50. The van der Waals surface area contributed by atoms with Crippen molar-refractivity contribution >= 4 is 29.5 Å². The van der Waals surface area contributed by atoms with Gasteiger partial charge in [-0.05, 0) is 13.3 Å². The molecule has 2 unspecified atom stereocenters. The Morgan fingerprint density at radius 1 is 1.31 bits per heavy atom. The van der Waals surface area contributed by atoms with Crippen LogP contribution in [-0.4, -0.2) is 81.1 Å². The van der Waals surface area contributed by atoms with Crippen molar-refractivity contribution in [2.45, 2.75) is 48.8 Å². The Labute approximate surface area is 175 Å². The number of amides is 2. The van der Waals surface area contributed by atoms with Crippen molar-refractivity contribution < 1.29 is 24.2 Å². The Morgan fingerprint density at radius 2 is 2.10 bits per heavy atom. The maximum absolute atomic E-state index is 13.7. The summed E-state index contributed by atoms with van der Waals surface area (Å²) in [5, 5.41) is 9.40. The van der Waals surface area contributed by atoms with Crippen LogP contribution in [0.15, 0.2) is 24.3 Å². The number of fused-ring (bicyclic) bond motifs is 2. The van der Waals surface area contributed by atoms with E-state index in [2.05, 4.69) is 6.92 Å². The van der Waals surface area contributed by atoms with Gasteiger partial charge < -0.3 is 19.6 Å². The first-order valence-electron chi connectivity index (χ1n) is 10.4. The highest BCUT2D eigenvalue weighted by molar-refractivity contribution is 8.02. The Morgan fingerprint density at radius 3 is 2.83 bits per heavy atom. The minimum atomic E-state index is -0.819. The molecular formula is C21H28N2O5S. The molecule has 2 fully saturated rings. The van der Waals surface area contributed by atoms with E-state index in [1.807, 2.05) is 36.1 Å². The van der Waals surface area contributed by atoms with E-state index >= 15 is 0 Å². The first-order valence-corrected chi connectivity index (χ1v) is 11.2. The Balaban J connectivity index is 1.79. The van der Waals surface area contributed by atoms with Gasteiger partial charge in [-0.1, -0.05) is 37.6 Å². The van der Waals surface area contributed by atoms with Gasteiger partial charge in [0.15, 0.2) is 0 Å². The predicted molar refractivity (Wildman–Crippen MR) is 109 cm³/mol. The summed E-state index contributed by atoms with van der Waals surface area (Å²) in [6.07, 6.45) is 9.55. The van der Waals surface area contributed by atoms with Gasteiger partial charge in [-0.3, -0.25) is 14.4 Å². The SMILES string of the molecule is CCCC(C)N1CC=C[C@]23S[C@@H]4C=CCOC(=O)[C@@H]4[C@H]2C(=O)N(CCO)C3C1=O. The molecular weight excluding hydrogens is 392 g/mol. The number of aliphatic hydroxyl groups excluding tert-OH is 1. The molecule has 0 bridgehead atoms. The number of cyclic esters (lactones) is 1. The first-order chi connectivity index (χ1) is 14.0. The molecule has 2 saturated heterocycles. The molecule has 4 aliphatic rings. The van der Waals surface area contributed by atoms with Gasteiger partial charge >= 0.3 is 5.97 Å². The Hall–Kier alpha value is -1.80. The Bertz CT molecular complexity index is 768. The summed E-state index contributed by atoms with van der Waals surface area (Å²) in [6.45, 7) is 4.67. The zero-order chi connectivity index (χ0) is 20.8. The van der Waals surface area contributed by atoms with Crippen LogP contribution >= 0.6 is 11.8 Å². The molecule has 29 heavy (non-hydrogen) atoms. The summed E-state index contributed by atoms with van der Waals surface area (Å²) in [5.74, 6) is -1.99. The van der Waals surface area contributed by atoms with Crippen molar-refractivity contribution in [1.82, 2.24) is 9.80 Å². The topological polar surface area (TPSA) is 87.2 Å². The molecule has 4 heterocycles. The van der Waals surface area contributed by atoms with Crippen LogP contribution in [0.25, 0.3) is 0 Å². The number of nitrogens with zero attached hydrogens (tertiary/aromatic N) is 2. The smallest absolute Gasteiger partial charge is 0.311 e. The zero-order valence-corrected chi connectivity index (χ0v) is 17.6. The highest BCUT2D eigenvalue weighted by atomic mass is 32.2. The molecule has 2 amide bonds. The number of likely N-dealkylation sites (tertiary alicyclic amines) is 1. The summed E-state index contributed by atoms with van der Waals surface area (Å²) >= 11 is 1.53. The zero-order valence-electron chi connectivity index (χ0n) is 16.8. The van der Waals surface area contributed by atoms with Crippen LogP contribution in [0.1, 0.15) is 26.7 Å². The van der Waals surface area contributed by atoms with Gasteiger partial charge in [-0.25, -0.2) is 0 Å². The fourth-order valence-corrected chi connectivity index (χ4v) is 7.31. The number of esters is 1. The van der Waals surface area contributed by atoms with E-state index in [0.717, 1.165) is 12.8 Å². The van der Waals surface area contributed by atoms with Crippen LogP contribution in [0, 0.1) is 11.8 Å². The highest BCUT2D eigenvalue weighted by Crippen LogP contribution is 2.60. The number of carbonyl (C=O) groups excluding carboxylic acids is 3. The molecule has 0 radical (unpaired) electrons. The van der Waals surface area contributed by atoms with E-state index in [9.17, 15) is 19.5 Å². The number of β-amino-alcohol motifs (C(OH)–C–C–N with tert-alkyl or cyclic N) is 1. The lowest BCUT2D eigenvalue weighted by Crippen LogP contribution is -2.55. The summed E-state index contributed by atoms with van der Waals surface area (Å²) in [6, 6.07) is -0.664. The molecule has 0 aromatic heterocycles. The summed E-state index contributed by atoms with van der Waals surface area (Å²) in [4.78, 5) is 43.3. The summed E-state index contributed by atoms with van der Waals surface area (Å²) in [5.41, 5.74) is 0. The number of carbonyl (C=O) groups is 3. The number of ether oxygens (including phenoxy) is 1. The number of thioether (sulfide) groups is 1. The molecule has 4 rings (SSSR count). The van der Waals surface area contributed by atoms with Crippen LogP contribution in [0.4, 0.5) is 0 Å². The number of rotatable bonds is 5. The fourth-order valence-electron chi connectivity index (χ4n) is 5.30. The molecule has 0 aromatic carbocycles. The van der Waals surface area contributed by atoms with Crippen molar-refractivity contribution in [3.63, 3.8) is 0 Å². The third-order valence-corrected chi connectivity index (χ3v) is 8.27. The minimum Gasteiger partial charge on any atom is -0.461 e. The summed E-state index contributed by atoms with van der Waals surface area (Å²) < 4.78 is 4.50. The second-order valence-corrected chi connectivity index (χ2v) is 9.67. The minimum absolute atomic E-state index is 0.0548. The molecule has 0 aromatic rings. The largest absolute Gasteiger partial charge is 0.461 e. The van der Waals surface area contributed by atoms with Crippen LogP contribution < -0.4 is 0 Å². The quantitative estimate of drug-likeness (QED) is 0.527. The molecule has 158 valence electrons. The van der Waals surface area contributed by atoms with Crippen molar-refractivity contribution in [3.8, 4) is 0 Å². The van der Waals surface area contributed by atoms with E-state index in [1.54, 1.807) is 0 Å². The van der Waals surface area contributed by atoms with Crippen LogP contribution in [0.3, 0.4) is 0 Å². The van der Waals surface area contributed by atoms with Gasteiger partial charge in [0.25, 0.3) is 0 Å². The van der Waals surface area contributed by atoms with E-state index < -0.39 is 22.6 Å². The van der Waals surface area contributed by atoms with Crippen molar-refractivity contribution in [2.24, 2.45) is 11.8 Å². The van der Waals surface area contributed by atoms with E-state index in [4.69, 9.17) is 4.74 Å². The second-order valence-electron chi connectivity index (χ2n) is 8.19. The third kappa shape index (κ3) is 3.03. The first kappa shape index (κ1) is 20.5. The normalized spacial score (nSPS) is 37.0. The summed E-state index contributed by atoms with van der Waals surface area (Å²) in [7, 11) is 0. The van der Waals surface area contributed by atoms with Gasteiger partial charge in [-0.2, -0.15) is 0 Å². The third-order valence-electron chi connectivity index (χ3n) is 6.52. The van der Waals surface area contributed by atoms with E-state index in [0.29, 0.717) is 6.54 Å². The number of hydrogen-bond donors (Lipinski definition) is 1. The molecule has 7 nitrogen and oxygen atoms in total. The predicted octanol–water partition coefficient (Wildman–Crippen LogP) is 0.976. The lowest BCUT2D eigenvalue weighted by molar-refractivity contribution is -0.151. The maximum atomic E-state index is 13.7. The lowest BCUT2D eigenvalue weighted by atomic mass is 9.78. The molecule has 0 saturated carbocycles. The van der Waals surface area contributed by atoms with E-state index in [1.165, 1.54) is 16.7 Å². The number of hydrogen-bond acceptors (Lipinski definition) is 6. The second kappa shape index (κ2) is 7.80. The molecule has 8 heteroatoms. The molecule has 6 atom stereocenters. The molecule has 1 spiro atoms. The van der Waals surface area contributed by atoms with Crippen LogP contribution in [0.2, 0.25) is 0 Å². The highest BCUT2D eigenvalue weighted by Gasteiger charge is 2.71. The van der Waals surface area contributed by atoms with Crippen LogP contribution in [-0.2, 0) is 19.1 Å². The monoisotopic (exact) mass is 420 g/mol. The van der Waals surface area contributed by atoms with Gasteiger partial charge in [0.05, 0.1) is 23.2 Å². The average Bonchev–Trinajstić information content (AvgIpc) is 2.97. The van der Waals surface area contributed by atoms with Crippen molar-refractivity contribution in [1.29, 1.82) is 0 Å². The van der Waals surface area contributed by atoms with Gasteiger partial charge in [0, 0.05) is 24.4 Å². The molecule has 0 aliphatic carbocycles. The van der Waals surface area contributed by atoms with Crippen LogP contribution in [0.5, 0.6) is 0 Å². The molecule has 1 N–H and O–H groups in total. The van der Waals surface area contributed by atoms with Gasteiger partial charge in [-0.15, -0.1) is 11.8 Å².